The number of esters is 1. The van der Waals surface area contributed by atoms with Gasteiger partial charge in [-0.3, -0.25) is 9.59 Å². The van der Waals surface area contributed by atoms with Gasteiger partial charge in [-0.15, -0.1) is 23.4 Å². The number of halogens is 1. The molecule has 2 N–H and O–H groups in total. The number of benzene rings is 1. The van der Waals surface area contributed by atoms with Crippen LogP contribution in [-0.2, 0) is 20.9 Å². The number of nitrogens with two attached hydrogens (primary N) is 1. The molecule has 0 bridgehead atoms. The molecule has 0 radical (unpaired) electrons. The highest BCUT2D eigenvalue weighted by Crippen LogP contribution is 2.40. The van der Waals surface area contributed by atoms with Gasteiger partial charge in [0.25, 0.3) is 0 Å². The van der Waals surface area contributed by atoms with Gasteiger partial charge in [-0.05, 0) is 17.7 Å². The molecule has 3 rings (SSSR count). The molecule has 1 aromatic carbocycles. The summed E-state index contributed by atoms with van der Waals surface area (Å²) in [4.78, 5) is 24.4. The van der Waals surface area contributed by atoms with E-state index in [0.29, 0.717) is 5.75 Å². The summed E-state index contributed by atoms with van der Waals surface area (Å²) < 4.78 is 10.4. The van der Waals surface area contributed by atoms with Crippen molar-refractivity contribution in [2.75, 3.05) is 19.4 Å². The fourth-order valence-corrected chi connectivity index (χ4v) is 4.27. The molecule has 0 saturated carbocycles. The molecule has 8 heteroatoms. The first-order valence-electron chi connectivity index (χ1n) is 7.11. The van der Waals surface area contributed by atoms with E-state index in [-0.39, 0.29) is 24.4 Å². The Morgan fingerprint density at radius 1 is 1.48 bits per heavy atom. The molecular weight excluding hydrogens is 340 g/mol. The Balaban J connectivity index is 1.58. The summed E-state index contributed by atoms with van der Waals surface area (Å²) in [5, 5.41) is -0.0798. The van der Waals surface area contributed by atoms with Gasteiger partial charge in [0.05, 0.1) is 13.7 Å². The number of hydrogen-bond acceptors (Lipinski definition) is 6. The summed E-state index contributed by atoms with van der Waals surface area (Å²) >= 11 is 7.81. The molecule has 6 nitrogen and oxygen atoms in total. The summed E-state index contributed by atoms with van der Waals surface area (Å²) in [5.74, 6) is 0.415. The van der Waals surface area contributed by atoms with Crippen LogP contribution in [0.2, 0.25) is 0 Å². The minimum atomic E-state index is -1.22. The van der Waals surface area contributed by atoms with Gasteiger partial charge in [0.2, 0.25) is 5.91 Å². The van der Waals surface area contributed by atoms with Crippen molar-refractivity contribution in [1.82, 2.24) is 4.90 Å². The van der Waals surface area contributed by atoms with Crippen LogP contribution in [0.5, 0.6) is 5.75 Å². The number of rotatable bonds is 4. The minimum absolute atomic E-state index is 0.0798. The SMILES string of the molecule is COc1ccc(COC(=O)C2(Cl)CS[C@@H]3C(N)C(=O)N3C2)cc1. The molecule has 3 atom stereocenters. The molecule has 2 unspecified atom stereocenters. The third kappa shape index (κ3) is 3.00. The number of nitrogens with zero attached hydrogens (tertiary/aromatic N) is 1. The maximum Gasteiger partial charge on any atom is 0.330 e. The third-order valence-electron chi connectivity index (χ3n) is 3.98. The first-order valence-corrected chi connectivity index (χ1v) is 8.54. The van der Waals surface area contributed by atoms with Crippen LogP contribution in [0.25, 0.3) is 0 Å². The van der Waals surface area contributed by atoms with Gasteiger partial charge in [-0.25, -0.2) is 0 Å². The monoisotopic (exact) mass is 356 g/mol. The first kappa shape index (κ1) is 16.4. The van der Waals surface area contributed by atoms with Crippen molar-refractivity contribution < 1.29 is 19.1 Å². The molecule has 1 amide bonds. The van der Waals surface area contributed by atoms with Crippen molar-refractivity contribution in [3.05, 3.63) is 29.8 Å². The highest BCUT2D eigenvalue weighted by atomic mass is 35.5. The summed E-state index contributed by atoms with van der Waals surface area (Å²) in [7, 11) is 1.59. The van der Waals surface area contributed by atoms with E-state index in [1.54, 1.807) is 24.1 Å². The second-order valence-corrected chi connectivity index (χ2v) is 7.41. The van der Waals surface area contributed by atoms with Crippen LogP contribution in [0.3, 0.4) is 0 Å². The molecule has 2 aliphatic heterocycles. The van der Waals surface area contributed by atoms with Crippen LogP contribution in [0, 0.1) is 0 Å². The van der Waals surface area contributed by atoms with Gasteiger partial charge in [0, 0.05) is 5.75 Å². The quantitative estimate of drug-likeness (QED) is 0.491. The largest absolute Gasteiger partial charge is 0.497 e. The Kier molecular flexibility index (Phi) is 4.44. The molecule has 2 aliphatic rings. The van der Waals surface area contributed by atoms with Gasteiger partial charge >= 0.3 is 5.97 Å². The number of carbonyl (C=O) groups excluding carboxylic acids is 2. The van der Waals surface area contributed by atoms with Crippen molar-refractivity contribution in [3.8, 4) is 5.75 Å². The van der Waals surface area contributed by atoms with Crippen molar-refractivity contribution in [2.45, 2.75) is 22.9 Å². The lowest BCUT2D eigenvalue weighted by Crippen LogP contribution is -2.72. The zero-order valence-electron chi connectivity index (χ0n) is 12.5. The van der Waals surface area contributed by atoms with E-state index in [1.807, 2.05) is 12.1 Å². The average Bonchev–Trinajstić information content (AvgIpc) is 2.59. The molecule has 2 saturated heterocycles. The van der Waals surface area contributed by atoms with E-state index in [1.165, 1.54) is 11.8 Å². The average molecular weight is 357 g/mol. The summed E-state index contributed by atoms with van der Waals surface area (Å²) in [6.45, 7) is 0.263. The van der Waals surface area contributed by atoms with Crippen LogP contribution in [0.1, 0.15) is 5.56 Å². The second kappa shape index (κ2) is 6.22. The van der Waals surface area contributed by atoms with E-state index in [2.05, 4.69) is 0 Å². The zero-order chi connectivity index (χ0) is 16.6. The standard InChI is InChI=1S/C15H17ClN2O4S/c1-21-10-4-2-9(3-5-10)6-22-14(20)15(16)7-18-12(19)11(17)13(18)23-8-15/h2-5,11,13H,6-8,17H2,1H3/t11?,13-,15?/m1/s1. The van der Waals surface area contributed by atoms with Crippen LogP contribution in [0.15, 0.2) is 24.3 Å². The fraction of sp³-hybridized carbons (Fsp3) is 0.467. The van der Waals surface area contributed by atoms with E-state index in [4.69, 9.17) is 26.8 Å². The summed E-state index contributed by atoms with van der Waals surface area (Å²) in [5.41, 5.74) is 6.55. The molecule has 0 spiro atoms. The summed E-state index contributed by atoms with van der Waals surface area (Å²) in [6, 6.07) is 6.73. The molecule has 124 valence electrons. The number of alkyl halides is 1. The van der Waals surface area contributed by atoms with Gasteiger partial charge in [0.1, 0.15) is 23.8 Å². The normalized spacial score (nSPS) is 29.5. The highest BCUT2D eigenvalue weighted by Gasteiger charge is 2.55. The van der Waals surface area contributed by atoms with Crippen LogP contribution in [0.4, 0.5) is 0 Å². The number of thioether (sulfide) groups is 1. The fourth-order valence-electron chi connectivity index (χ4n) is 2.57. The zero-order valence-corrected chi connectivity index (χ0v) is 14.1. The molecule has 0 aromatic heterocycles. The highest BCUT2D eigenvalue weighted by molar-refractivity contribution is 8.00. The van der Waals surface area contributed by atoms with Crippen molar-refractivity contribution in [1.29, 1.82) is 0 Å². The van der Waals surface area contributed by atoms with Gasteiger partial charge < -0.3 is 20.1 Å². The predicted molar refractivity (Wildman–Crippen MR) is 87.3 cm³/mol. The van der Waals surface area contributed by atoms with Crippen molar-refractivity contribution in [3.63, 3.8) is 0 Å². The second-order valence-electron chi connectivity index (χ2n) is 5.58. The Hall–Kier alpha value is -1.44. The molecular formula is C15H17ClN2O4S. The molecule has 23 heavy (non-hydrogen) atoms. The Morgan fingerprint density at radius 3 is 2.83 bits per heavy atom. The number of fused-ring (bicyclic) bond motifs is 1. The van der Waals surface area contributed by atoms with Crippen molar-refractivity contribution >= 4 is 35.2 Å². The Morgan fingerprint density at radius 2 is 2.17 bits per heavy atom. The summed E-state index contributed by atoms with van der Waals surface area (Å²) in [6.07, 6.45) is 0. The van der Waals surface area contributed by atoms with Gasteiger partial charge in [0.15, 0.2) is 4.87 Å². The Bertz CT molecular complexity index is 626. The lowest BCUT2D eigenvalue weighted by Gasteiger charge is -2.51. The lowest BCUT2D eigenvalue weighted by atomic mass is 10.0. The number of β-lactam (4-membered cyclic amide) rings is 1. The van der Waals surface area contributed by atoms with Crippen molar-refractivity contribution in [2.24, 2.45) is 5.73 Å². The van der Waals surface area contributed by atoms with Crippen LogP contribution < -0.4 is 10.5 Å². The topological polar surface area (TPSA) is 81.9 Å². The number of ether oxygens (including phenoxy) is 2. The van der Waals surface area contributed by atoms with E-state index >= 15 is 0 Å². The van der Waals surface area contributed by atoms with E-state index in [9.17, 15) is 9.59 Å². The van der Waals surface area contributed by atoms with Gasteiger partial charge in [-0.2, -0.15) is 0 Å². The third-order valence-corrected chi connectivity index (χ3v) is 6.10. The van der Waals surface area contributed by atoms with Crippen LogP contribution >= 0.6 is 23.4 Å². The Labute approximate surface area is 143 Å². The minimum Gasteiger partial charge on any atom is -0.497 e. The van der Waals surface area contributed by atoms with Crippen LogP contribution in [-0.4, -0.2) is 52.5 Å². The molecule has 1 aromatic rings. The number of methoxy groups -OCH3 is 1. The first-order chi connectivity index (χ1) is 10.9. The molecule has 0 aliphatic carbocycles. The lowest BCUT2D eigenvalue weighted by molar-refractivity contribution is -0.152. The molecule has 2 fully saturated rings. The number of amides is 1. The van der Waals surface area contributed by atoms with Gasteiger partial charge in [-0.1, -0.05) is 12.1 Å². The smallest absolute Gasteiger partial charge is 0.330 e. The number of hydrogen-bond donors (Lipinski definition) is 1. The molecule has 2 heterocycles. The maximum atomic E-state index is 12.3. The van der Waals surface area contributed by atoms with E-state index in [0.717, 1.165) is 11.3 Å². The number of carbonyl (C=O) groups is 2. The predicted octanol–water partition coefficient (Wildman–Crippen LogP) is 0.958. The van der Waals surface area contributed by atoms with E-state index < -0.39 is 16.9 Å². The maximum absolute atomic E-state index is 12.3.